The molecule has 0 bridgehead atoms. The van der Waals surface area contributed by atoms with Gasteiger partial charge in [0.1, 0.15) is 18.1 Å². The van der Waals surface area contributed by atoms with Crippen LogP contribution in [0.2, 0.25) is 0 Å². The molecule has 152 valence electrons. The van der Waals surface area contributed by atoms with Crippen LogP contribution in [0.3, 0.4) is 0 Å². The number of rotatable bonds is 9. The Bertz CT molecular complexity index is 816. The number of hydrogen-bond donors (Lipinski definition) is 1. The van der Waals surface area contributed by atoms with Crippen molar-refractivity contribution in [2.75, 3.05) is 20.3 Å². The van der Waals surface area contributed by atoms with Crippen molar-refractivity contribution in [2.45, 2.75) is 47.3 Å². The molecule has 0 fully saturated rings. The molecule has 0 aliphatic carbocycles. The summed E-state index contributed by atoms with van der Waals surface area (Å²) in [5.41, 5.74) is 4.88. The lowest BCUT2D eigenvalue weighted by Gasteiger charge is -2.17. The fourth-order valence-electron chi connectivity index (χ4n) is 3.03. The summed E-state index contributed by atoms with van der Waals surface area (Å²) in [6, 6.07) is 9.53. The number of hydrogen-bond acceptors (Lipinski definition) is 4. The van der Waals surface area contributed by atoms with Gasteiger partial charge in [0.25, 0.3) is 5.91 Å². The van der Waals surface area contributed by atoms with Gasteiger partial charge in [-0.15, -0.1) is 0 Å². The van der Waals surface area contributed by atoms with E-state index in [4.69, 9.17) is 14.2 Å². The highest BCUT2D eigenvalue weighted by Gasteiger charge is 2.14. The summed E-state index contributed by atoms with van der Waals surface area (Å²) in [6.45, 7) is 11.4. The van der Waals surface area contributed by atoms with Crippen LogP contribution in [0, 0.1) is 20.8 Å². The second-order valence-corrected chi connectivity index (χ2v) is 7.08. The first kappa shape index (κ1) is 21.8. The molecule has 2 aromatic carbocycles. The molecule has 5 heteroatoms. The lowest BCUT2D eigenvalue weighted by Crippen LogP contribution is -2.35. The minimum absolute atomic E-state index is 0.0679. The molecule has 0 radical (unpaired) electrons. The molecule has 0 unspecified atom stereocenters. The van der Waals surface area contributed by atoms with Crippen LogP contribution >= 0.6 is 0 Å². The van der Waals surface area contributed by atoms with E-state index in [1.54, 1.807) is 13.2 Å². The van der Waals surface area contributed by atoms with Gasteiger partial charge in [0.05, 0.1) is 13.2 Å². The second kappa shape index (κ2) is 10.1. The normalized spacial score (nSPS) is 11.8. The van der Waals surface area contributed by atoms with Crippen molar-refractivity contribution in [2.24, 2.45) is 0 Å². The van der Waals surface area contributed by atoms with Crippen molar-refractivity contribution in [3.8, 4) is 11.5 Å². The Hall–Kier alpha value is -2.53. The van der Waals surface area contributed by atoms with Gasteiger partial charge in [-0.1, -0.05) is 6.07 Å². The number of benzene rings is 2. The molecule has 0 aromatic heterocycles. The van der Waals surface area contributed by atoms with Crippen LogP contribution in [-0.4, -0.2) is 32.3 Å². The van der Waals surface area contributed by atoms with E-state index >= 15 is 0 Å². The van der Waals surface area contributed by atoms with E-state index in [0.717, 1.165) is 28.2 Å². The summed E-state index contributed by atoms with van der Waals surface area (Å²) in [7, 11) is 1.62. The molecular weight excluding hydrogens is 354 g/mol. The van der Waals surface area contributed by atoms with Crippen LogP contribution in [0.1, 0.15) is 46.5 Å². The van der Waals surface area contributed by atoms with Gasteiger partial charge in [-0.3, -0.25) is 4.79 Å². The topological polar surface area (TPSA) is 56.8 Å². The molecule has 1 atom stereocenters. The van der Waals surface area contributed by atoms with Crippen LogP contribution in [0.5, 0.6) is 11.5 Å². The van der Waals surface area contributed by atoms with E-state index in [1.165, 1.54) is 5.56 Å². The molecule has 0 spiro atoms. The third-order valence-corrected chi connectivity index (χ3v) is 4.56. The lowest BCUT2D eigenvalue weighted by molar-refractivity contribution is 0.0905. The second-order valence-electron chi connectivity index (χ2n) is 7.08. The van der Waals surface area contributed by atoms with Crippen molar-refractivity contribution in [3.63, 3.8) is 0 Å². The fourth-order valence-corrected chi connectivity index (χ4v) is 3.03. The van der Waals surface area contributed by atoms with Crippen molar-refractivity contribution in [1.82, 2.24) is 5.32 Å². The maximum Gasteiger partial charge on any atom is 0.251 e. The van der Waals surface area contributed by atoms with E-state index in [9.17, 15) is 4.79 Å². The number of aryl methyl sites for hydroxylation is 2. The number of carbonyl (C=O) groups excluding carboxylic acids is 1. The minimum Gasteiger partial charge on any atom is -0.493 e. The first-order chi connectivity index (χ1) is 13.3. The van der Waals surface area contributed by atoms with Crippen molar-refractivity contribution in [3.05, 3.63) is 58.1 Å². The summed E-state index contributed by atoms with van der Waals surface area (Å²) in [6.07, 6.45) is 0. The zero-order valence-corrected chi connectivity index (χ0v) is 17.7. The van der Waals surface area contributed by atoms with Gasteiger partial charge in [0.2, 0.25) is 0 Å². The third-order valence-electron chi connectivity index (χ3n) is 4.56. The number of amides is 1. The van der Waals surface area contributed by atoms with Crippen molar-refractivity contribution in [1.29, 1.82) is 0 Å². The zero-order chi connectivity index (χ0) is 20.7. The average Bonchev–Trinajstić information content (AvgIpc) is 2.64. The summed E-state index contributed by atoms with van der Waals surface area (Å²) >= 11 is 0. The Balaban J connectivity index is 2.22. The van der Waals surface area contributed by atoms with Crippen LogP contribution in [0.15, 0.2) is 30.3 Å². The van der Waals surface area contributed by atoms with Crippen LogP contribution in [0.25, 0.3) is 0 Å². The first-order valence-corrected chi connectivity index (χ1v) is 9.61. The number of nitrogens with one attached hydrogen (secondary N) is 1. The number of ether oxygens (including phenoxy) is 3. The molecule has 0 saturated carbocycles. The third kappa shape index (κ3) is 5.73. The van der Waals surface area contributed by atoms with Crippen LogP contribution in [0.4, 0.5) is 0 Å². The van der Waals surface area contributed by atoms with Gasteiger partial charge in [0, 0.05) is 24.3 Å². The van der Waals surface area contributed by atoms with E-state index in [1.807, 2.05) is 32.0 Å². The molecule has 0 saturated heterocycles. The maximum absolute atomic E-state index is 12.5. The number of carbonyl (C=O) groups is 1. The van der Waals surface area contributed by atoms with Gasteiger partial charge in [-0.05, 0) is 75.6 Å². The first-order valence-electron chi connectivity index (χ1n) is 9.61. The average molecular weight is 386 g/mol. The Morgan fingerprint density at radius 1 is 1.07 bits per heavy atom. The highest BCUT2D eigenvalue weighted by Crippen LogP contribution is 2.27. The standard InChI is InChI=1S/C23H31NO4/c1-7-27-21-9-8-19(23(25)24-17(4)13-26-6)12-20(21)14-28-22-11-15(2)10-16(3)18(22)5/h8-12,17H,7,13-14H2,1-6H3,(H,24,25)/t17-/m0/s1. The minimum atomic E-state index is -0.142. The maximum atomic E-state index is 12.5. The van der Waals surface area contributed by atoms with Gasteiger partial charge >= 0.3 is 0 Å². The molecule has 2 aromatic rings. The molecule has 5 nitrogen and oxygen atoms in total. The van der Waals surface area contributed by atoms with E-state index in [2.05, 4.69) is 32.2 Å². The monoisotopic (exact) mass is 385 g/mol. The van der Waals surface area contributed by atoms with E-state index in [-0.39, 0.29) is 11.9 Å². The number of methoxy groups -OCH3 is 1. The molecule has 1 N–H and O–H groups in total. The van der Waals surface area contributed by atoms with Gasteiger partial charge in [-0.2, -0.15) is 0 Å². The summed E-state index contributed by atoms with van der Waals surface area (Å²) in [4.78, 5) is 12.5. The molecule has 0 heterocycles. The van der Waals surface area contributed by atoms with Crippen LogP contribution < -0.4 is 14.8 Å². The molecule has 2 rings (SSSR count). The van der Waals surface area contributed by atoms with Gasteiger partial charge < -0.3 is 19.5 Å². The predicted octanol–water partition coefficient (Wildman–Crippen LogP) is 4.35. The Kier molecular flexibility index (Phi) is 7.88. The van der Waals surface area contributed by atoms with Crippen molar-refractivity contribution >= 4 is 5.91 Å². The summed E-state index contributed by atoms with van der Waals surface area (Å²) in [5.74, 6) is 1.44. The van der Waals surface area contributed by atoms with Crippen LogP contribution in [-0.2, 0) is 11.3 Å². The van der Waals surface area contributed by atoms with E-state index in [0.29, 0.717) is 25.4 Å². The molecular formula is C23H31NO4. The smallest absolute Gasteiger partial charge is 0.251 e. The van der Waals surface area contributed by atoms with Gasteiger partial charge in [0.15, 0.2) is 0 Å². The largest absolute Gasteiger partial charge is 0.493 e. The Morgan fingerprint density at radius 3 is 2.50 bits per heavy atom. The zero-order valence-electron chi connectivity index (χ0n) is 17.7. The summed E-state index contributed by atoms with van der Waals surface area (Å²) < 4.78 is 16.9. The fraction of sp³-hybridized carbons (Fsp3) is 0.435. The Morgan fingerprint density at radius 2 is 1.82 bits per heavy atom. The molecule has 0 aliphatic heterocycles. The van der Waals surface area contributed by atoms with E-state index < -0.39 is 0 Å². The van der Waals surface area contributed by atoms with Crippen molar-refractivity contribution < 1.29 is 19.0 Å². The SMILES string of the molecule is CCOc1ccc(C(=O)N[C@@H](C)COC)cc1COc1cc(C)cc(C)c1C. The van der Waals surface area contributed by atoms with Gasteiger partial charge in [-0.25, -0.2) is 0 Å². The lowest BCUT2D eigenvalue weighted by atomic mass is 10.1. The molecule has 1 amide bonds. The summed E-state index contributed by atoms with van der Waals surface area (Å²) in [5, 5.41) is 2.93. The quantitative estimate of drug-likeness (QED) is 0.697. The molecule has 0 aliphatic rings. The predicted molar refractivity (Wildman–Crippen MR) is 111 cm³/mol. The Labute approximate surface area is 168 Å². The molecule has 28 heavy (non-hydrogen) atoms. The highest BCUT2D eigenvalue weighted by atomic mass is 16.5. The highest BCUT2D eigenvalue weighted by molar-refractivity contribution is 5.94.